The first-order chi connectivity index (χ1) is 8.81. The maximum Gasteiger partial charge on any atom is 0.0506 e. The molecule has 0 amide bonds. The summed E-state index contributed by atoms with van der Waals surface area (Å²) in [6.07, 6.45) is 5.25. The molecule has 0 aromatic rings. The van der Waals surface area contributed by atoms with Crippen molar-refractivity contribution in [1.29, 1.82) is 0 Å². The molecule has 0 spiro atoms. The van der Waals surface area contributed by atoms with Gasteiger partial charge >= 0.3 is 0 Å². The van der Waals surface area contributed by atoms with E-state index in [1.807, 2.05) is 0 Å². The van der Waals surface area contributed by atoms with Crippen LogP contribution in [0, 0.1) is 11.8 Å². The van der Waals surface area contributed by atoms with Crippen molar-refractivity contribution in [3.8, 4) is 0 Å². The number of rotatable bonds is 5. The van der Waals surface area contributed by atoms with Crippen LogP contribution in [-0.2, 0) is 4.74 Å². The highest BCUT2D eigenvalue weighted by Crippen LogP contribution is 2.23. The maximum atomic E-state index is 5.59. The molecule has 0 radical (unpaired) electrons. The summed E-state index contributed by atoms with van der Waals surface area (Å²) in [6, 6.07) is 0.751. The van der Waals surface area contributed by atoms with Crippen LogP contribution < -0.4 is 5.32 Å². The normalized spacial score (nSPS) is 33.8. The fraction of sp³-hybridized carbons (Fsp3) is 1.00. The second-order valence-corrected chi connectivity index (χ2v) is 6.12. The second-order valence-electron chi connectivity index (χ2n) is 6.12. The zero-order chi connectivity index (χ0) is 12.8. The number of ether oxygens (including phenoxy) is 1. The first-order valence-corrected chi connectivity index (χ1v) is 7.83. The number of nitrogens with zero attached hydrogens (tertiary/aromatic N) is 1. The van der Waals surface area contributed by atoms with Crippen molar-refractivity contribution in [2.75, 3.05) is 39.4 Å². The predicted octanol–water partition coefficient (Wildman–Crippen LogP) is 2.12. The van der Waals surface area contributed by atoms with Crippen molar-refractivity contribution in [3.63, 3.8) is 0 Å². The molecular formula is C15H30N2O. The minimum absolute atomic E-state index is 0.696. The summed E-state index contributed by atoms with van der Waals surface area (Å²) in [5.41, 5.74) is 0. The van der Waals surface area contributed by atoms with Gasteiger partial charge in [0.05, 0.1) is 6.61 Å². The van der Waals surface area contributed by atoms with Gasteiger partial charge in [-0.1, -0.05) is 13.8 Å². The van der Waals surface area contributed by atoms with Gasteiger partial charge in [-0.15, -0.1) is 0 Å². The van der Waals surface area contributed by atoms with Crippen LogP contribution in [0.15, 0.2) is 0 Å². The van der Waals surface area contributed by atoms with E-state index in [1.165, 1.54) is 51.9 Å². The highest BCUT2D eigenvalue weighted by Gasteiger charge is 2.29. The van der Waals surface area contributed by atoms with Crippen LogP contribution in [0.4, 0.5) is 0 Å². The lowest BCUT2D eigenvalue weighted by Crippen LogP contribution is -2.48. The van der Waals surface area contributed by atoms with Crippen LogP contribution in [0.2, 0.25) is 0 Å². The standard InChI is InChI=1S/C15H30N2O/c1-3-8-17(11-14-5-4-7-16-10-14)15-6-9-18-12-13(15)2/h13-16H,3-12H2,1-2H3. The molecule has 18 heavy (non-hydrogen) atoms. The van der Waals surface area contributed by atoms with Crippen LogP contribution in [0.5, 0.6) is 0 Å². The molecule has 3 atom stereocenters. The number of piperidine rings is 1. The van der Waals surface area contributed by atoms with Crippen LogP contribution in [-0.4, -0.2) is 50.3 Å². The van der Waals surface area contributed by atoms with Crippen molar-refractivity contribution < 1.29 is 4.74 Å². The Morgan fingerprint density at radius 3 is 2.89 bits per heavy atom. The second kappa shape index (κ2) is 7.46. The van der Waals surface area contributed by atoms with Gasteiger partial charge in [-0.25, -0.2) is 0 Å². The molecule has 3 unspecified atom stereocenters. The Labute approximate surface area is 112 Å². The molecule has 1 N–H and O–H groups in total. The molecule has 0 aromatic heterocycles. The van der Waals surface area contributed by atoms with E-state index in [0.29, 0.717) is 5.92 Å². The highest BCUT2D eigenvalue weighted by molar-refractivity contribution is 4.82. The molecule has 3 heteroatoms. The largest absolute Gasteiger partial charge is 0.381 e. The molecule has 2 aliphatic heterocycles. The summed E-state index contributed by atoms with van der Waals surface area (Å²) in [6.45, 7) is 11.5. The SMILES string of the molecule is CCCN(CC1CCCNC1)C1CCOCC1C. The topological polar surface area (TPSA) is 24.5 Å². The van der Waals surface area contributed by atoms with E-state index in [4.69, 9.17) is 4.74 Å². The molecule has 2 rings (SSSR count). The molecule has 106 valence electrons. The third-order valence-corrected chi connectivity index (χ3v) is 4.47. The summed E-state index contributed by atoms with van der Waals surface area (Å²) in [4.78, 5) is 2.75. The summed E-state index contributed by atoms with van der Waals surface area (Å²) < 4.78 is 5.59. The number of hydrogen-bond acceptors (Lipinski definition) is 3. The van der Waals surface area contributed by atoms with Gasteiger partial charge in [-0.05, 0) is 57.2 Å². The zero-order valence-electron chi connectivity index (χ0n) is 12.2. The van der Waals surface area contributed by atoms with Gasteiger partial charge in [0.25, 0.3) is 0 Å². The van der Waals surface area contributed by atoms with Crippen molar-refractivity contribution >= 4 is 0 Å². The molecule has 2 saturated heterocycles. The summed E-state index contributed by atoms with van der Waals surface area (Å²) in [7, 11) is 0. The molecule has 3 nitrogen and oxygen atoms in total. The van der Waals surface area contributed by atoms with Crippen molar-refractivity contribution in [2.24, 2.45) is 11.8 Å². The minimum atomic E-state index is 0.696. The van der Waals surface area contributed by atoms with Gasteiger partial charge in [0.15, 0.2) is 0 Å². The molecule has 2 fully saturated rings. The minimum Gasteiger partial charge on any atom is -0.381 e. The number of nitrogens with one attached hydrogen (secondary N) is 1. The van der Waals surface area contributed by atoms with E-state index in [9.17, 15) is 0 Å². The Bertz CT molecular complexity index is 229. The summed E-state index contributed by atoms with van der Waals surface area (Å²) >= 11 is 0. The van der Waals surface area contributed by atoms with Gasteiger partial charge in [-0.3, -0.25) is 4.90 Å². The highest BCUT2D eigenvalue weighted by atomic mass is 16.5. The smallest absolute Gasteiger partial charge is 0.0506 e. The monoisotopic (exact) mass is 254 g/mol. The Hall–Kier alpha value is -0.120. The molecule has 0 aromatic carbocycles. The van der Waals surface area contributed by atoms with E-state index in [2.05, 4.69) is 24.1 Å². The summed E-state index contributed by atoms with van der Waals surface area (Å²) in [5.74, 6) is 1.56. The molecular weight excluding hydrogens is 224 g/mol. The maximum absolute atomic E-state index is 5.59. The molecule has 0 saturated carbocycles. The Kier molecular flexibility index (Phi) is 5.93. The third-order valence-electron chi connectivity index (χ3n) is 4.47. The Morgan fingerprint density at radius 1 is 1.33 bits per heavy atom. The van der Waals surface area contributed by atoms with E-state index in [-0.39, 0.29) is 0 Å². The number of hydrogen-bond donors (Lipinski definition) is 1. The van der Waals surface area contributed by atoms with Crippen molar-refractivity contribution in [3.05, 3.63) is 0 Å². The fourth-order valence-electron chi connectivity index (χ4n) is 3.50. The van der Waals surface area contributed by atoms with Crippen LogP contribution in [0.25, 0.3) is 0 Å². The summed E-state index contributed by atoms with van der Waals surface area (Å²) in [5, 5.41) is 3.55. The van der Waals surface area contributed by atoms with Crippen molar-refractivity contribution in [2.45, 2.75) is 45.6 Å². The van der Waals surface area contributed by atoms with Gasteiger partial charge < -0.3 is 10.1 Å². The quantitative estimate of drug-likeness (QED) is 0.813. The predicted molar refractivity (Wildman–Crippen MR) is 75.8 cm³/mol. The lowest BCUT2D eigenvalue weighted by atomic mass is 9.92. The fourth-order valence-corrected chi connectivity index (χ4v) is 3.50. The molecule has 2 aliphatic rings. The first kappa shape index (κ1) is 14.3. The van der Waals surface area contributed by atoms with Crippen LogP contribution >= 0.6 is 0 Å². The Balaban J connectivity index is 1.88. The molecule has 0 bridgehead atoms. The van der Waals surface area contributed by atoms with Gasteiger partial charge in [0.1, 0.15) is 0 Å². The average Bonchev–Trinajstić information content (AvgIpc) is 2.40. The Morgan fingerprint density at radius 2 is 2.22 bits per heavy atom. The average molecular weight is 254 g/mol. The molecule has 2 heterocycles. The third kappa shape index (κ3) is 3.94. The zero-order valence-corrected chi connectivity index (χ0v) is 12.2. The van der Waals surface area contributed by atoms with Crippen LogP contribution in [0.1, 0.15) is 39.5 Å². The van der Waals surface area contributed by atoms with Gasteiger partial charge in [0, 0.05) is 19.2 Å². The van der Waals surface area contributed by atoms with E-state index in [1.54, 1.807) is 0 Å². The van der Waals surface area contributed by atoms with E-state index in [0.717, 1.165) is 25.2 Å². The molecule has 0 aliphatic carbocycles. The van der Waals surface area contributed by atoms with Crippen LogP contribution in [0.3, 0.4) is 0 Å². The lowest BCUT2D eigenvalue weighted by molar-refractivity contribution is -0.0118. The van der Waals surface area contributed by atoms with Crippen molar-refractivity contribution in [1.82, 2.24) is 10.2 Å². The van der Waals surface area contributed by atoms with Gasteiger partial charge in [0.2, 0.25) is 0 Å². The lowest BCUT2D eigenvalue weighted by Gasteiger charge is -2.40. The van der Waals surface area contributed by atoms with E-state index >= 15 is 0 Å². The van der Waals surface area contributed by atoms with E-state index < -0.39 is 0 Å². The first-order valence-electron chi connectivity index (χ1n) is 7.83. The van der Waals surface area contributed by atoms with Gasteiger partial charge in [-0.2, -0.15) is 0 Å².